The topological polar surface area (TPSA) is 92.2 Å². The highest BCUT2D eigenvalue weighted by atomic mass is 32.2. The number of benzene rings is 1. The fourth-order valence-electron chi connectivity index (χ4n) is 2.48. The fourth-order valence-corrected chi connectivity index (χ4v) is 4.10. The van der Waals surface area contributed by atoms with Crippen LogP contribution in [0.5, 0.6) is 0 Å². The zero-order valence-electron chi connectivity index (χ0n) is 13.2. The molecule has 2 aromatic heterocycles. The van der Waals surface area contributed by atoms with Crippen LogP contribution in [0, 0.1) is 0 Å². The summed E-state index contributed by atoms with van der Waals surface area (Å²) in [6.45, 7) is 1.84. The molecule has 0 bridgehead atoms. The van der Waals surface area contributed by atoms with E-state index in [1.54, 1.807) is 42.5 Å². The summed E-state index contributed by atoms with van der Waals surface area (Å²) in [7, 11) is -3.46. The molecule has 0 saturated heterocycles. The van der Waals surface area contributed by atoms with Gasteiger partial charge in [0.1, 0.15) is 5.69 Å². The third-order valence-corrected chi connectivity index (χ3v) is 5.67. The van der Waals surface area contributed by atoms with E-state index in [-0.39, 0.29) is 16.6 Å². The van der Waals surface area contributed by atoms with Gasteiger partial charge in [-0.3, -0.25) is 4.79 Å². The van der Waals surface area contributed by atoms with E-state index in [1.165, 1.54) is 6.26 Å². The van der Waals surface area contributed by atoms with Crippen molar-refractivity contribution in [3.63, 3.8) is 0 Å². The summed E-state index contributed by atoms with van der Waals surface area (Å²) in [6, 6.07) is 11.1. The molecule has 1 amide bonds. The zero-order valence-corrected chi connectivity index (χ0v) is 14.0. The minimum Gasteiger partial charge on any atom is -0.463 e. The number of furan rings is 1. The van der Waals surface area contributed by atoms with Gasteiger partial charge < -0.3 is 14.7 Å². The third kappa shape index (κ3) is 3.35. The van der Waals surface area contributed by atoms with Gasteiger partial charge in [-0.15, -0.1) is 0 Å². The molecule has 126 valence electrons. The Morgan fingerprint density at radius 2 is 2.00 bits per heavy atom. The summed E-state index contributed by atoms with van der Waals surface area (Å²) in [5.41, 5.74) is 1.66. The highest BCUT2D eigenvalue weighted by Crippen LogP contribution is 2.17. The quantitative estimate of drug-likeness (QED) is 0.718. The van der Waals surface area contributed by atoms with Gasteiger partial charge in [-0.2, -0.15) is 0 Å². The van der Waals surface area contributed by atoms with Crippen molar-refractivity contribution in [2.45, 2.75) is 24.3 Å². The molecule has 6 nitrogen and oxygen atoms in total. The number of aromatic nitrogens is 1. The third-order valence-electron chi connectivity index (χ3n) is 3.84. The SMILES string of the molecule is CCC(CS(=O)(=O)c1ccccc1)NC(=O)c1cc2occc2[nH]1. The van der Waals surface area contributed by atoms with E-state index in [0.29, 0.717) is 17.7 Å². The number of amides is 1. The van der Waals surface area contributed by atoms with Crippen LogP contribution in [0.3, 0.4) is 0 Å². The number of H-pyrrole nitrogens is 1. The summed E-state index contributed by atoms with van der Waals surface area (Å²) in [4.78, 5) is 15.5. The number of rotatable bonds is 6. The van der Waals surface area contributed by atoms with Gasteiger partial charge in [0.25, 0.3) is 5.91 Å². The zero-order chi connectivity index (χ0) is 17.2. The first-order valence-corrected chi connectivity index (χ1v) is 9.29. The molecule has 7 heteroatoms. The van der Waals surface area contributed by atoms with Crippen LogP contribution in [0.4, 0.5) is 0 Å². The Hall–Kier alpha value is -2.54. The second kappa shape index (κ2) is 6.52. The summed E-state index contributed by atoms with van der Waals surface area (Å²) in [6.07, 6.45) is 2.04. The van der Waals surface area contributed by atoms with Gasteiger partial charge >= 0.3 is 0 Å². The lowest BCUT2D eigenvalue weighted by atomic mass is 10.2. The molecular weight excluding hydrogens is 328 g/mol. The molecule has 3 aromatic rings. The summed E-state index contributed by atoms with van der Waals surface area (Å²) in [5.74, 6) is -0.493. The Morgan fingerprint density at radius 1 is 1.25 bits per heavy atom. The minimum atomic E-state index is -3.46. The van der Waals surface area contributed by atoms with Crippen LogP contribution in [0.15, 0.2) is 58.0 Å². The number of sulfone groups is 1. The van der Waals surface area contributed by atoms with E-state index < -0.39 is 15.9 Å². The van der Waals surface area contributed by atoms with Crippen molar-refractivity contribution in [1.29, 1.82) is 0 Å². The van der Waals surface area contributed by atoms with Gasteiger partial charge in [0.15, 0.2) is 15.4 Å². The van der Waals surface area contributed by atoms with E-state index in [1.807, 2.05) is 6.92 Å². The monoisotopic (exact) mass is 346 g/mol. The van der Waals surface area contributed by atoms with Crippen LogP contribution in [-0.4, -0.2) is 31.1 Å². The molecule has 0 aliphatic rings. The highest BCUT2D eigenvalue weighted by Gasteiger charge is 2.22. The number of nitrogens with one attached hydrogen (secondary N) is 2. The van der Waals surface area contributed by atoms with Crippen molar-refractivity contribution < 1.29 is 17.6 Å². The standard InChI is InChI=1S/C17H18N2O4S/c1-2-12(11-24(21,22)13-6-4-3-5-7-13)18-17(20)15-10-16-14(19-15)8-9-23-16/h3-10,12,19H,2,11H2,1H3,(H,18,20). The first-order chi connectivity index (χ1) is 11.5. The first-order valence-electron chi connectivity index (χ1n) is 7.64. The average Bonchev–Trinajstić information content (AvgIpc) is 3.16. The van der Waals surface area contributed by atoms with Crippen molar-refractivity contribution in [2.75, 3.05) is 5.75 Å². The Kier molecular flexibility index (Phi) is 4.44. The van der Waals surface area contributed by atoms with Crippen LogP contribution >= 0.6 is 0 Å². The first kappa shape index (κ1) is 16.3. The maximum absolute atomic E-state index is 12.4. The molecule has 1 unspecified atom stereocenters. The molecule has 2 heterocycles. The second-order valence-electron chi connectivity index (χ2n) is 5.55. The number of carbonyl (C=O) groups is 1. The number of carbonyl (C=O) groups excluding carboxylic acids is 1. The maximum Gasteiger partial charge on any atom is 0.268 e. The van der Waals surface area contributed by atoms with Gasteiger partial charge in [0.05, 0.1) is 22.4 Å². The molecule has 0 fully saturated rings. The molecule has 0 aliphatic carbocycles. The van der Waals surface area contributed by atoms with Gasteiger partial charge in [0.2, 0.25) is 0 Å². The molecule has 0 radical (unpaired) electrons. The highest BCUT2D eigenvalue weighted by molar-refractivity contribution is 7.91. The van der Waals surface area contributed by atoms with Crippen molar-refractivity contribution >= 4 is 26.8 Å². The summed E-state index contributed by atoms with van der Waals surface area (Å²) >= 11 is 0. The van der Waals surface area contributed by atoms with Crippen molar-refractivity contribution in [1.82, 2.24) is 10.3 Å². The van der Waals surface area contributed by atoms with E-state index in [9.17, 15) is 13.2 Å². The van der Waals surface area contributed by atoms with Crippen molar-refractivity contribution in [3.8, 4) is 0 Å². The van der Waals surface area contributed by atoms with Crippen molar-refractivity contribution in [3.05, 3.63) is 54.4 Å². The largest absolute Gasteiger partial charge is 0.463 e. The summed E-state index contributed by atoms with van der Waals surface area (Å²) in [5, 5.41) is 2.77. The van der Waals surface area contributed by atoms with Crippen LogP contribution in [0.25, 0.3) is 11.1 Å². The van der Waals surface area contributed by atoms with Gasteiger partial charge in [0, 0.05) is 18.2 Å². The lowest BCUT2D eigenvalue weighted by Gasteiger charge is -2.16. The Balaban J connectivity index is 1.72. The lowest BCUT2D eigenvalue weighted by molar-refractivity contribution is 0.0935. The number of hydrogen-bond donors (Lipinski definition) is 2. The van der Waals surface area contributed by atoms with Crippen LogP contribution in [-0.2, 0) is 9.84 Å². The summed E-state index contributed by atoms with van der Waals surface area (Å²) < 4.78 is 30.1. The van der Waals surface area contributed by atoms with Crippen LogP contribution < -0.4 is 5.32 Å². The molecule has 0 spiro atoms. The Labute approximate surface area is 139 Å². The van der Waals surface area contributed by atoms with Gasteiger partial charge in [-0.05, 0) is 18.6 Å². The number of aromatic amines is 1. The van der Waals surface area contributed by atoms with Crippen molar-refractivity contribution in [2.24, 2.45) is 0 Å². The smallest absolute Gasteiger partial charge is 0.268 e. The number of hydrogen-bond acceptors (Lipinski definition) is 4. The second-order valence-corrected chi connectivity index (χ2v) is 7.59. The maximum atomic E-state index is 12.4. The van der Waals surface area contributed by atoms with Crippen LogP contribution in [0.2, 0.25) is 0 Å². The van der Waals surface area contributed by atoms with E-state index in [0.717, 1.165) is 5.52 Å². The number of fused-ring (bicyclic) bond motifs is 1. The Bertz CT molecular complexity index is 913. The fraction of sp³-hybridized carbons (Fsp3) is 0.235. The predicted octanol–water partition coefficient (Wildman–Crippen LogP) is 2.74. The van der Waals surface area contributed by atoms with E-state index in [2.05, 4.69) is 10.3 Å². The molecule has 2 N–H and O–H groups in total. The molecule has 24 heavy (non-hydrogen) atoms. The molecule has 1 atom stereocenters. The van der Waals surface area contributed by atoms with E-state index >= 15 is 0 Å². The molecular formula is C17H18N2O4S. The lowest BCUT2D eigenvalue weighted by Crippen LogP contribution is -2.39. The van der Waals surface area contributed by atoms with Gasteiger partial charge in [-0.1, -0.05) is 25.1 Å². The molecule has 1 aromatic carbocycles. The van der Waals surface area contributed by atoms with Gasteiger partial charge in [-0.25, -0.2) is 8.42 Å². The Morgan fingerprint density at radius 3 is 2.67 bits per heavy atom. The normalized spacial score (nSPS) is 13.0. The van der Waals surface area contributed by atoms with E-state index in [4.69, 9.17) is 4.42 Å². The molecule has 0 saturated carbocycles. The molecule has 3 rings (SSSR count). The predicted molar refractivity (Wildman–Crippen MR) is 90.6 cm³/mol. The molecule has 0 aliphatic heterocycles. The minimum absolute atomic E-state index is 0.143. The average molecular weight is 346 g/mol. The van der Waals surface area contributed by atoms with Crippen LogP contribution in [0.1, 0.15) is 23.8 Å².